The minimum Gasteiger partial charge on any atom is -0.329 e. The Morgan fingerprint density at radius 1 is 1.27 bits per heavy atom. The summed E-state index contributed by atoms with van der Waals surface area (Å²) >= 11 is 0. The van der Waals surface area contributed by atoms with E-state index in [1.54, 1.807) is 0 Å². The van der Waals surface area contributed by atoms with E-state index in [0.29, 0.717) is 11.0 Å². The van der Waals surface area contributed by atoms with E-state index in [1.807, 2.05) is 0 Å². The molecule has 0 saturated heterocycles. The van der Waals surface area contributed by atoms with Gasteiger partial charge in [0.1, 0.15) is 0 Å². The Bertz CT molecular complexity index is 229. The molecular formula is C13H26N2. The van der Waals surface area contributed by atoms with Crippen molar-refractivity contribution in [1.29, 1.82) is 0 Å². The van der Waals surface area contributed by atoms with Crippen LogP contribution in [0.3, 0.4) is 0 Å². The van der Waals surface area contributed by atoms with Crippen molar-refractivity contribution >= 4 is 0 Å². The van der Waals surface area contributed by atoms with Crippen molar-refractivity contribution < 1.29 is 0 Å². The standard InChI is InChI=1S/C13H26N2/c1-10-6-13(7-10,9-14)15-11-4-5-12(2,3)8-11/h10-11,15H,4-9,14H2,1-3H3. The second kappa shape index (κ2) is 3.74. The fourth-order valence-electron chi connectivity index (χ4n) is 3.61. The summed E-state index contributed by atoms with van der Waals surface area (Å²) in [5.74, 6) is 0.871. The Morgan fingerprint density at radius 2 is 1.93 bits per heavy atom. The first-order valence-electron chi connectivity index (χ1n) is 6.43. The highest BCUT2D eigenvalue weighted by molar-refractivity contribution is 5.03. The second-order valence-corrected chi connectivity index (χ2v) is 6.75. The average Bonchev–Trinajstić information content (AvgIpc) is 2.42. The number of rotatable bonds is 3. The van der Waals surface area contributed by atoms with Gasteiger partial charge < -0.3 is 11.1 Å². The molecule has 1 atom stereocenters. The van der Waals surface area contributed by atoms with Gasteiger partial charge in [0.05, 0.1) is 0 Å². The van der Waals surface area contributed by atoms with Gasteiger partial charge in [0.2, 0.25) is 0 Å². The lowest BCUT2D eigenvalue weighted by Crippen LogP contribution is -2.61. The van der Waals surface area contributed by atoms with Gasteiger partial charge in [-0.1, -0.05) is 20.8 Å². The van der Waals surface area contributed by atoms with Gasteiger partial charge in [0, 0.05) is 18.1 Å². The van der Waals surface area contributed by atoms with Crippen LogP contribution in [0.4, 0.5) is 0 Å². The first kappa shape index (κ1) is 11.4. The van der Waals surface area contributed by atoms with E-state index in [-0.39, 0.29) is 0 Å². The molecule has 2 aliphatic rings. The normalized spacial score (nSPS) is 44.0. The van der Waals surface area contributed by atoms with Gasteiger partial charge in [-0.15, -0.1) is 0 Å². The van der Waals surface area contributed by atoms with E-state index in [0.717, 1.165) is 18.5 Å². The summed E-state index contributed by atoms with van der Waals surface area (Å²) in [6.45, 7) is 7.91. The quantitative estimate of drug-likeness (QED) is 0.750. The minimum absolute atomic E-state index is 0.296. The molecule has 3 N–H and O–H groups in total. The Hall–Kier alpha value is -0.0800. The monoisotopic (exact) mass is 210 g/mol. The van der Waals surface area contributed by atoms with Crippen molar-refractivity contribution in [3.8, 4) is 0 Å². The fraction of sp³-hybridized carbons (Fsp3) is 1.00. The summed E-state index contributed by atoms with van der Waals surface area (Å²) in [5.41, 5.74) is 6.75. The van der Waals surface area contributed by atoms with Crippen LogP contribution in [0.25, 0.3) is 0 Å². The van der Waals surface area contributed by atoms with Crippen molar-refractivity contribution in [2.24, 2.45) is 17.1 Å². The van der Waals surface area contributed by atoms with Gasteiger partial charge in [-0.3, -0.25) is 0 Å². The molecule has 2 saturated carbocycles. The summed E-state index contributed by atoms with van der Waals surface area (Å²) in [6.07, 6.45) is 6.58. The Kier molecular flexibility index (Phi) is 2.85. The van der Waals surface area contributed by atoms with Gasteiger partial charge in [-0.05, 0) is 43.4 Å². The van der Waals surface area contributed by atoms with E-state index >= 15 is 0 Å². The third-order valence-corrected chi connectivity index (χ3v) is 4.35. The average molecular weight is 210 g/mol. The highest BCUT2D eigenvalue weighted by Crippen LogP contribution is 2.42. The molecule has 0 spiro atoms. The lowest BCUT2D eigenvalue weighted by Gasteiger charge is -2.48. The topological polar surface area (TPSA) is 38.0 Å². The molecule has 15 heavy (non-hydrogen) atoms. The first-order valence-corrected chi connectivity index (χ1v) is 6.43. The van der Waals surface area contributed by atoms with Crippen LogP contribution in [0.15, 0.2) is 0 Å². The highest BCUT2D eigenvalue weighted by Gasteiger charge is 2.43. The van der Waals surface area contributed by atoms with E-state index in [4.69, 9.17) is 5.73 Å². The summed E-state index contributed by atoms with van der Waals surface area (Å²) in [7, 11) is 0. The predicted octanol–water partition coefficient (Wildman–Crippen LogP) is 2.28. The maximum Gasteiger partial charge on any atom is 0.0311 e. The molecule has 0 aromatic heterocycles. The van der Waals surface area contributed by atoms with E-state index < -0.39 is 0 Å². The number of nitrogens with one attached hydrogen (secondary N) is 1. The van der Waals surface area contributed by atoms with Crippen molar-refractivity contribution in [1.82, 2.24) is 5.32 Å². The van der Waals surface area contributed by atoms with Crippen LogP contribution >= 0.6 is 0 Å². The maximum atomic E-state index is 5.91. The highest BCUT2D eigenvalue weighted by atomic mass is 15.1. The van der Waals surface area contributed by atoms with Crippen LogP contribution in [-0.4, -0.2) is 18.1 Å². The van der Waals surface area contributed by atoms with E-state index in [9.17, 15) is 0 Å². The molecule has 0 radical (unpaired) electrons. The lowest BCUT2D eigenvalue weighted by atomic mass is 9.68. The van der Waals surface area contributed by atoms with Crippen molar-refractivity contribution in [2.45, 2.75) is 64.5 Å². The molecule has 1 unspecified atom stereocenters. The molecule has 0 amide bonds. The van der Waals surface area contributed by atoms with Crippen LogP contribution in [0.1, 0.15) is 52.9 Å². The van der Waals surface area contributed by atoms with Gasteiger partial charge in [-0.2, -0.15) is 0 Å². The molecule has 0 aliphatic heterocycles. The maximum absolute atomic E-state index is 5.91. The number of hydrogen-bond donors (Lipinski definition) is 2. The minimum atomic E-state index is 0.296. The molecular weight excluding hydrogens is 184 g/mol. The molecule has 2 aliphatic carbocycles. The summed E-state index contributed by atoms with van der Waals surface area (Å²) in [6, 6.07) is 0.719. The van der Waals surface area contributed by atoms with Crippen molar-refractivity contribution in [3.63, 3.8) is 0 Å². The summed E-state index contributed by atoms with van der Waals surface area (Å²) < 4.78 is 0. The summed E-state index contributed by atoms with van der Waals surface area (Å²) in [5, 5.41) is 3.84. The van der Waals surface area contributed by atoms with Crippen molar-refractivity contribution in [3.05, 3.63) is 0 Å². The largest absolute Gasteiger partial charge is 0.329 e. The van der Waals surface area contributed by atoms with Crippen LogP contribution in [0.5, 0.6) is 0 Å². The molecule has 88 valence electrons. The number of hydrogen-bond acceptors (Lipinski definition) is 2. The zero-order valence-electron chi connectivity index (χ0n) is 10.5. The van der Waals surface area contributed by atoms with Crippen molar-refractivity contribution in [2.75, 3.05) is 6.54 Å². The van der Waals surface area contributed by atoms with Gasteiger partial charge in [0.15, 0.2) is 0 Å². The zero-order chi connectivity index (χ0) is 11.1. The zero-order valence-corrected chi connectivity index (χ0v) is 10.5. The Labute approximate surface area is 94.0 Å². The van der Waals surface area contributed by atoms with Gasteiger partial charge >= 0.3 is 0 Å². The van der Waals surface area contributed by atoms with Crippen LogP contribution in [0, 0.1) is 11.3 Å². The fourth-order valence-corrected chi connectivity index (χ4v) is 3.61. The summed E-state index contributed by atoms with van der Waals surface area (Å²) in [4.78, 5) is 0. The molecule has 2 fully saturated rings. The van der Waals surface area contributed by atoms with E-state index in [1.165, 1.54) is 32.1 Å². The van der Waals surface area contributed by atoms with E-state index in [2.05, 4.69) is 26.1 Å². The smallest absolute Gasteiger partial charge is 0.0311 e. The lowest BCUT2D eigenvalue weighted by molar-refractivity contribution is 0.107. The third-order valence-electron chi connectivity index (χ3n) is 4.35. The van der Waals surface area contributed by atoms with Crippen LogP contribution in [0.2, 0.25) is 0 Å². The third kappa shape index (κ3) is 2.36. The second-order valence-electron chi connectivity index (χ2n) is 6.75. The molecule has 2 heteroatoms. The Balaban J connectivity index is 1.87. The molecule has 0 heterocycles. The molecule has 0 bridgehead atoms. The van der Waals surface area contributed by atoms with Gasteiger partial charge in [-0.25, -0.2) is 0 Å². The van der Waals surface area contributed by atoms with Gasteiger partial charge in [0.25, 0.3) is 0 Å². The van der Waals surface area contributed by atoms with Crippen LogP contribution < -0.4 is 11.1 Å². The molecule has 0 aromatic rings. The number of nitrogens with two attached hydrogens (primary N) is 1. The first-order chi connectivity index (χ1) is 6.95. The molecule has 2 nitrogen and oxygen atoms in total. The SMILES string of the molecule is CC1CC(CN)(NC2CCC(C)(C)C2)C1. The Morgan fingerprint density at radius 3 is 2.33 bits per heavy atom. The molecule has 2 rings (SSSR count). The predicted molar refractivity (Wildman–Crippen MR) is 64.7 cm³/mol. The van der Waals surface area contributed by atoms with Crippen LogP contribution in [-0.2, 0) is 0 Å². The molecule has 0 aromatic carbocycles.